The summed E-state index contributed by atoms with van der Waals surface area (Å²) in [6.45, 7) is 3.41. The summed E-state index contributed by atoms with van der Waals surface area (Å²) < 4.78 is 21.1. The Morgan fingerprint density at radius 1 is 1.17 bits per heavy atom. The maximum absolute atomic E-state index is 14.0. The number of carbonyl (C=O) groups is 1. The summed E-state index contributed by atoms with van der Waals surface area (Å²) in [5, 5.41) is 4.16. The summed E-state index contributed by atoms with van der Waals surface area (Å²) in [4.78, 5) is 17.4. The molecule has 0 saturated carbocycles. The number of fused-ring (bicyclic) bond motifs is 1. The van der Waals surface area contributed by atoms with Crippen molar-refractivity contribution in [1.29, 1.82) is 0 Å². The number of hydrogen-bond acceptors (Lipinski definition) is 4. The average molecular weight is 394 g/mol. The standard InChI is InChI=1S/C22H23FN4O2/c23-18-5-1-4-16(10-18)22-20-14-25(13-19-6-2-9-29-19)11-17(20)12-27(22)21(28)15-26-8-3-7-24-26/h1-10,17,20,22H,11-15H2/t17-,20-,22-/m0/s1. The number of amides is 1. The summed E-state index contributed by atoms with van der Waals surface area (Å²) in [6.07, 6.45) is 5.15. The first-order valence-corrected chi connectivity index (χ1v) is 9.94. The zero-order valence-electron chi connectivity index (χ0n) is 16.0. The molecule has 4 heterocycles. The highest BCUT2D eigenvalue weighted by Gasteiger charge is 2.49. The molecule has 1 amide bonds. The van der Waals surface area contributed by atoms with Crippen molar-refractivity contribution in [3.05, 3.63) is 78.3 Å². The van der Waals surface area contributed by atoms with E-state index in [1.807, 2.05) is 29.2 Å². The Labute approximate surface area is 168 Å². The van der Waals surface area contributed by atoms with Crippen LogP contribution in [0.15, 0.2) is 65.5 Å². The predicted molar refractivity (Wildman–Crippen MR) is 104 cm³/mol. The lowest BCUT2D eigenvalue weighted by molar-refractivity contribution is -0.133. The predicted octanol–water partition coefficient (Wildman–Crippen LogP) is 2.95. The zero-order chi connectivity index (χ0) is 19.8. The van der Waals surface area contributed by atoms with Crippen LogP contribution in [-0.2, 0) is 17.9 Å². The van der Waals surface area contributed by atoms with Crippen molar-refractivity contribution in [2.24, 2.45) is 11.8 Å². The highest BCUT2D eigenvalue weighted by atomic mass is 19.1. The van der Waals surface area contributed by atoms with Gasteiger partial charge in [0.1, 0.15) is 18.1 Å². The van der Waals surface area contributed by atoms with Gasteiger partial charge in [0.05, 0.1) is 18.8 Å². The molecule has 7 heteroatoms. The van der Waals surface area contributed by atoms with Crippen LogP contribution in [0.25, 0.3) is 0 Å². The molecule has 0 spiro atoms. The lowest BCUT2D eigenvalue weighted by atomic mass is 9.89. The smallest absolute Gasteiger partial charge is 0.244 e. The fraction of sp³-hybridized carbons (Fsp3) is 0.364. The van der Waals surface area contributed by atoms with Crippen molar-refractivity contribution in [3.63, 3.8) is 0 Å². The van der Waals surface area contributed by atoms with E-state index in [0.717, 1.165) is 31.0 Å². The van der Waals surface area contributed by atoms with Crippen molar-refractivity contribution in [2.75, 3.05) is 19.6 Å². The molecular formula is C22H23FN4O2. The maximum atomic E-state index is 14.0. The quantitative estimate of drug-likeness (QED) is 0.668. The van der Waals surface area contributed by atoms with E-state index in [1.54, 1.807) is 35.5 Å². The van der Waals surface area contributed by atoms with Gasteiger partial charge < -0.3 is 9.32 Å². The Bertz CT molecular complexity index is 973. The van der Waals surface area contributed by atoms with Crippen molar-refractivity contribution in [2.45, 2.75) is 19.1 Å². The maximum Gasteiger partial charge on any atom is 0.244 e. The van der Waals surface area contributed by atoms with Gasteiger partial charge in [-0.25, -0.2) is 4.39 Å². The summed E-state index contributed by atoms with van der Waals surface area (Å²) in [7, 11) is 0. The minimum Gasteiger partial charge on any atom is -0.468 e. The van der Waals surface area contributed by atoms with E-state index in [1.165, 1.54) is 6.07 Å². The molecule has 2 aliphatic heterocycles. The molecule has 2 aromatic heterocycles. The Kier molecular flexibility index (Phi) is 4.67. The van der Waals surface area contributed by atoms with Crippen LogP contribution in [0.2, 0.25) is 0 Å². The van der Waals surface area contributed by atoms with Gasteiger partial charge in [-0.15, -0.1) is 0 Å². The summed E-state index contributed by atoms with van der Waals surface area (Å²) in [5.74, 6) is 1.33. The molecule has 150 valence electrons. The number of halogens is 1. The van der Waals surface area contributed by atoms with E-state index in [9.17, 15) is 9.18 Å². The number of hydrogen-bond donors (Lipinski definition) is 0. The van der Waals surface area contributed by atoms with Gasteiger partial charge in [-0.2, -0.15) is 5.10 Å². The number of nitrogens with zero attached hydrogens (tertiary/aromatic N) is 4. The van der Waals surface area contributed by atoms with Gasteiger partial charge in [0.25, 0.3) is 0 Å². The molecule has 5 rings (SSSR count). The number of carbonyl (C=O) groups excluding carboxylic acids is 1. The third-order valence-electron chi connectivity index (χ3n) is 6.07. The molecule has 0 bridgehead atoms. The van der Waals surface area contributed by atoms with Crippen molar-refractivity contribution < 1.29 is 13.6 Å². The normalized spacial score (nSPS) is 24.2. The first-order chi connectivity index (χ1) is 14.2. The summed E-state index contributed by atoms with van der Waals surface area (Å²) >= 11 is 0. The molecule has 0 N–H and O–H groups in total. The highest BCUT2D eigenvalue weighted by molar-refractivity contribution is 5.77. The van der Waals surface area contributed by atoms with Crippen molar-refractivity contribution >= 4 is 5.91 Å². The van der Waals surface area contributed by atoms with Crippen LogP contribution in [0.4, 0.5) is 4.39 Å². The second-order valence-electron chi connectivity index (χ2n) is 7.95. The monoisotopic (exact) mass is 394 g/mol. The molecule has 2 saturated heterocycles. The van der Waals surface area contributed by atoms with Crippen molar-refractivity contribution in [1.82, 2.24) is 19.6 Å². The minimum atomic E-state index is -0.268. The topological polar surface area (TPSA) is 54.5 Å². The first-order valence-electron chi connectivity index (χ1n) is 9.94. The van der Waals surface area contributed by atoms with E-state index >= 15 is 0 Å². The van der Waals surface area contributed by atoms with Gasteiger partial charge in [0.2, 0.25) is 5.91 Å². The van der Waals surface area contributed by atoms with Crippen LogP contribution < -0.4 is 0 Å². The zero-order valence-corrected chi connectivity index (χ0v) is 16.0. The lowest BCUT2D eigenvalue weighted by Gasteiger charge is -2.30. The van der Waals surface area contributed by atoms with Crippen LogP contribution in [-0.4, -0.2) is 45.1 Å². The van der Waals surface area contributed by atoms with Gasteiger partial charge >= 0.3 is 0 Å². The second kappa shape index (κ2) is 7.48. The average Bonchev–Trinajstić information content (AvgIpc) is 3.46. The molecule has 3 atom stereocenters. The molecule has 29 heavy (non-hydrogen) atoms. The van der Waals surface area contributed by atoms with E-state index in [4.69, 9.17) is 4.42 Å². The van der Waals surface area contributed by atoms with E-state index in [-0.39, 0.29) is 30.2 Å². The summed E-state index contributed by atoms with van der Waals surface area (Å²) in [5.41, 5.74) is 0.867. The van der Waals surface area contributed by atoms with Gasteiger partial charge in [0, 0.05) is 37.9 Å². The fourth-order valence-corrected chi connectivity index (χ4v) is 4.89. The molecule has 0 aliphatic carbocycles. The minimum absolute atomic E-state index is 0.0231. The molecule has 2 fully saturated rings. The lowest BCUT2D eigenvalue weighted by Crippen LogP contribution is -2.37. The molecule has 2 aliphatic rings. The second-order valence-corrected chi connectivity index (χ2v) is 7.95. The number of likely N-dealkylation sites (tertiary alicyclic amines) is 2. The van der Waals surface area contributed by atoms with Crippen LogP contribution in [0.1, 0.15) is 17.4 Å². The molecule has 6 nitrogen and oxygen atoms in total. The molecule has 0 unspecified atom stereocenters. The number of rotatable bonds is 5. The third kappa shape index (κ3) is 3.58. The van der Waals surface area contributed by atoms with Crippen LogP contribution in [0.5, 0.6) is 0 Å². The Balaban J connectivity index is 1.39. The van der Waals surface area contributed by atoms with E-state index in [0.29, 0.717) is 12.5 Å². The van der Waals surface area contributed by atoms with E-state index in [2.05, 4.69) is 10.00 Å². The van der Waals surface area contributed by atoms with Gasteiger partial charge in [0.15, 0.2) is 0 Å². The Hall–Kier alpha value is -2.93. The molecule has 3 aromatic rings. The van der Waals surface area contributed by atoms with Crippen LogP contribution in [0.3, 0.4) is 0 Å². The van der Waals surface area contributed by atoms with Crippen LogP contribution in [0, 0.1) is 17.7 Å². The fourth-order valence-electron chi connectivity index (χ4n) is 4.89. The van der Waals surface area contributed by atoms with Gasteiger partial charge in [-0.05, 0) is 41.8 Å². The molecule has 0 radical (unpaired) electrons. The SMILES string of the molecule is O=C(Cn1cccn1)N1C[C@@H]2CN(Cc3ccco3)C[C@@H]2[C@@H]1c1cccc(F)c1. The van der Waals surface area contributed by atoms with Gasteiger partial charge in [-0.1, -0.05) is 12.1 Å². The van der Waals surface area contributed by atoms with Crippen LogP contribution >= 0.6 is 0 Å². The van der Waals surface area contributed by atoms with E-state index < -0.39 is 0 Å². The van der Waals surface area contributed by atoms with Crippen molar-refractivity contribution in [3.8, 4) is 0 Å². The number of furan rings is 1. The Morgan fingerprint density at radius 3 is 2.86 bits per heavy atom. The largest absolute Gasteiger partial charge is 0.468 e. The Morgan fingerprint density at radius 2 is 2.10 bits per heavy atom. The first kappa shape index (κ1) is 18.1. The summed E-state index contributed by atoms with van der Waals surface area (Å²) in [6, 6.07) is 12.2. The molecule has 1 aromatic carbocycles. The van der Waals surface area contributed by atoms with Gasteiger partial charge in [-0.3, -0.25) is 14.4 Å². The number of benzene rings is 1. The third-order valence-corrected chi connectivity index (χ3v) is 6.07. The molecular weight excluding hydrogens is 371 g/mol. The number of aromatic nitrogens is 2. The highest BCUT2D eigenvalue weighted by Crippen LogP contribution is 2.45.